The van der Waals surface area contributed by atoms with Crippen molar-refractivity contribution in [3.05, 3.63) is 54.0 Å². The summed E-state index contributed by atoms with van der Waals surface area (Å²) < 4.78 is 6.93. The van der Waals surface area contributed by atoms with Crippen LogP contribution in [-0.4, -0.2) is 14.8 Å². The quantitative estimate of drug-likeness (QED) is 0.747. The predicted octanol–water partition coefficient (Wildman–Crippen LogP) is 2.17. The van der Waals surface area contributed by atoms with Crippen molar-refractivity contribution >= 4 is 10.9 Å². The molecule has 2 heterocycles. The van der Waals surface area contributed by atoms with Crippen LogP contribution in [0.3, 0.4) is 0 Å². The highest BCUT2D eigenvalue weighted by atomic mass is 16.5. The highest BCUT2D eigenvalue weighted by Gasteiger charge is 2.05. The van der Waals surface area contributed by atoms with Crippen molar-refractivity contribution in [3.63, 3.8) is 0 Å². The van der Waals surface area contributed by atoms with Crippen molar-refractivity contribution in [2.45, 2.75) is 13.2 Å². The van der Waals surface area contributed by atoms with Gasteiger partial charge in [-0.15, -0.1) is 0 Å². The molecule has 0 aliphatic heterocycles. The summed E-state index contributed by atoms with van der Waals surface area (Å²) >= 11 is 0. The number of hydrogen-bond acceptors (Lipinski definition) is 3. The maximum Gasteiger partial charge on any atom is 0.128 e. The lowest BCUT2D eigenvalue weighted by Crippen LogP contribution is -1.96. The smallest absolute Gasteiger partial charge is 0.128 e. The third-order valence-corrected chi connectivity index (χ3v) is 2.91. The third kappa shape index (κ3) is 1.72. The Morgan fingerprint density at radius 1 is 1.29 bits per heavy atom. The molecule has 0 saturated heterocycles. The van der Waals surface area contributed by atoms with Crippen LogP contribution >= 0.6 is 0 Å². The molecule has 4 nitrogen and oxygen atoms in total. The lowest BCUT2D eigenvalue weighted by Gasteiger charge is -2.04. The molecule has 2 aromatic heterocycles. The van der Waals surface area contributed by atoms with Crippen molar-refractivity contribution < 1.29 is 9.63 Å². The molecule has 0 aliphatic carbocycles. The Morgan fingerprint density at radius 2 is 2.24 bits per heavy atom. The Bertz CT molecular complexity index is 626. The van der Waals surface area contributed by atoms with Gasteiger partial charge in [-0.05, 0) is 17.7 Å². The summed E-state index contributed by atoms with van der Waals surface area (Å²) in [6.07, 6.45) is 5.36. The topological polar surface area (TPSA) is 51.2 Å². The molecule has 0 amide bonds. The van der Waals surface area contributed by atoms with Gasteiger partial charge in [0.05, 0.1) is 19.3 Å². The molecule has 0 fully saturated rings. The lowest BCUT2D eigenvalue weighted by molar-refractivity contribution is 0.283. The van der Waals surface area contributed by atoms with Crippen LogP contribution in [0, 0.1) is 0 Å². The van der Waals surface area contributed by atoms with E-state index >= 15 is 0 Å². The molecule has 86 valence electrons. The van der Waals surface area contributed by atoms with Gasteiger partial charge in [0.25, 0.3) is 0 Å². The standard InChI is InChI=1S/C13H12N2O2/c16-8-11-2-1-3-13-12(11)4-5-15(13)7-10-6-14-17-9-10/h1-6,9,16H,7-8H2. The molecule has 0 bridgehead atoms. The van der Waals surface area contributed by atoms with E-state index in [0.29, 0.717) is 0 Å². The lowest BCUT2D eigenvalue weighted by atomic mass is 10.1. The second-order valence-electron chi connectivity index (χ2n) is 3.98. The molecular formula is C13H12N2O2. The van der Waals surface area contributed by atoms with Gasteiger partial charge in [-0.25, -0.2) is 0 Å². The predicted molar refractivity (Wildman–Crippen MR) is 63.5 cm³/mol. The van der Waals surface area contributed by atoms with Gasteiger partial charge in [0.1, 0.15) is 6.26 Å². The maximum atomic E-state index is 9.27. The summed E-state index contributed by atoms with van der Waals surface area (Å²) in [6.45, 7) is 0.788. The minimum absolute atomic E-state index is 0.0641. The zero-order valence-electron chi connectivity index (χ0n) is 9.21. The summed E-state index contributed by atoms with van der Waals surface area (Å²) in [5.74, 6) is 0. The highest BCUT2D eigenvalue weighted by Crippen LogP contribution is 2.21. The maximum absolute atomic E-state index is 9.27. The normalized spacial score (nSPS) is 11.1. The Balaban J connectivity index is 2.06. The van der Waals surface area contributed by atoms with Gasteiger partial charge in [0.15, 0.2) is 0 Å². The van der Waals surface area contributed by atoms with Crippen LogP contribution in [0.15, 0.2) is 47.4 Å². The average Bonchev–Trinajstić information content (AvgIpc) is 2.99. The number of aromatic nitrogens is 2. The number of benzene rings is 1. The number of fused-ring (bicyclic) bond motifs is 1. The molecule has 1 N–H and O–H groups in total. The van der Waals surface area contributed by atoms with E-state index in [1.54, 1.807) is 12.5 Å². The highest BCUT2D eigenvalue weighted by molar-refractivity contribution is 5.83. The molecule has 0 unspecified atom stereocenters. The Morgan fingerprint density at radius 3 is 3.00 bits per heavy atom. The number of aliphatic hydroxyl groups is 1. The number of nitrogens with zero attached hydrogens (tertiary/aromatic N) is 2. The van der Waals surface area contributed by atoms with Gasteiger partial charge in [0, 0.05) is 22.7 Å². The summed E-state index contributed by atoms with van der Waals surface area (Å²) in [5, 5.41) is 14.0. The van der Waals surface area contributed by atoms with Crippen LogP contribution in [-0.2, 0) is 13.2 Å². The second kappa shape index (κ2) is 4.07. The summed E-state index contributed by atoms with van der Waals surface area (Å²) in [6, 6.07) is 7.96. The van der Waals surface area contributed by atoms with Crippen LogP contribution in [0.5, 0.6) is 0 Å². The van der Waals surface area contributed by atoms with Gasteiger partial charge in [-0.2, -0.15) is 0 Å². The van der Waals surface area contributed by atoms with E-state index in [1.165, 1.54) is 0 Å². The van der Waals surface area contributed by atoms with E-state index < -0.39 is 0 Å². The fraction of sp³-hybridized carbons (Fsp3) is 0.154. The van der Waals surface area contributed by atoms with Gasteiger partial charge >= 0.3 is 0 Å². The monoisotopic (exact) mass is 228 g/mol. The van der Waals surface area contributed by atoms with Crippen LogP contribution in [0.2, 0.25) is 0 Å². The van der Waals surface area contributed by atoms with Gasteiger partial charge in [0.2, 0.25) is 0 Å². The molecular weight excluding hydrogens is 216 g/mol. The van der Waals surface area contributed by atoms with Crippen molar-refractivity contribution in [1.82, 2.24) is 9.72 Å². The average molecular weight is 228 g/mol. The van der Waals surface area contributed by atoms with Crippen molar-refractivity contribution in [2.24, 2.45) is 0 Å². The molecule has 3 aromatic rings. The van der Waals surface area contributed by atoms with Gasteiger partial charge < -0.3 is 14.2 Å². The summed E-state index contributed by atoms with van der Waals surface area (Å²) in [4.78, 5) is 0. The minimum atomic E-state index is 0.0641. The molecule has 0 saturated carbocycles. The van der Waals surface area contributed by atoms with E-state index in [9.17, 15) is 5.11 Å². The van der Waals surface area contributed by atoms with Crippen molar-refractivity contribution in [1.29, 1.82) is 0 Å². The largest absolute Gasteiger partial charge is 0.392 e. The zero-order valence-corrected chi connectivity index (χ0v) is 9.21. The molecule has 4 heteroatoms. The first-order chi connectivity index (χ1) is 8.38. The van der Waals surface area contributed by atoms with Crippen molar-refractivity contribution in [2.75, 3.05) is 0 Å². The molecule has 3 rings (SSSR count). The summed E-state index contributed by atoms with van der Waals surface area (Å²) in [5.41, 5.74) is 3.08. The Labute approximate surface area is 98.1 Å². The first-order valence-electron chi connectivity index (χ1n) is 5.44. The van der Waals surface area contributed by atoms with Gasteiger partial charge in [-0.3, -0.25) is 0 Å². The molecule has 0 spiro atoms. The van der Waals surface area contributed by atoms with Crippen LogP contribution in [0.4, 0.5) is 0 Å². The number of aliphatic hydroxyl groups excluding tert-OH is 1. The molecule has 17 heavy (non-hydrogen) atoms. The minimum Gasteiger partial charge on any atom is -0.392 e. The van der Waals surface area contributed by atoms with Crippen LogP contribution < -0.4 is 0 Å². The van der Waals surface area contributed by atoms with E-state index in [4.69, 9.17) is 4.52 Å². The third-order valence-electron chi connectivity index (χ3n) is 2.91. The van der Waals surface area contributed by atoms with Crippen molar-refractivity contribution in [3.8, 4) is 0 Å². The Kier molecular flexibility index (Phi) is 2.42. The first kappa shape index (κ1) is 10.1. The first-order valence-corrected chi connectivity index (χ1v) is 5.44. The molecule has 0 radical (unpaired) electrons. The van der Waals surface area contributed by atoms with E-state index in [2.05, 4.69) is 9.72 Å². The van der Waals surface area contributed by atoms with E-state index in [0.717, 1.165) is 28.6 Å². The fourth-order valence-electron chi connectivity index (χ4n) is 2.06. The van der Waals surface area contributed by atoms with Gasteiger partial charge in [-0.1, -0.05) is 17.3 Å². The Hall–Kier alpha value is -2.07. The summed E-state index contributed by atoms with van der Waals surface area (Å²) in [7, 11) is 0. The zero-order chi connectivity index (χ0) is 11.7. The second-order valence-corrected chi connectivity index (χ2v) is 3.98. The molecule has 0 aliphatic rings. The van der Waals surface area contributed by atoms with E-state index in [1.807, 2.05) is 30.5 Å². The fourth-order valence-corrected chi connectivity index (χ4v) is 2.06. The SMILES string of the molecule is OCc1cccc2c1ccn2Cc1cnoc1. The van der Waals surface area contributed by atoms with E-state index in [-0.39, 0.29) is 6.61 Å². The molecule has 1 aromatic carbocycles. The van der Waals surface area contributed by atoms with Crippen LogP contribution in [0.25, 0.3) is 10.9 Å². The molecule has 0 atom stereocenters. The number of rotatable bonds is 3. The number of hydrogen-bond donors (Lipinski definition) is 1. The van der Waals surface area contributed by atoms with Crippen LogP contribution in [0.1, 0.15) is 11.1 Å².